The third-order valence-corrected chi connectivity index (χ3v) is 2.64. The molecule has 0 aliphatic heterocycles. The van der Waals surface area contributed by atoms with Crippen LogP contribution in [0.3, 0.4) is 0 Å². The van der Waals surface area contributed by atoms with Crippen molar-refractivity contribution in [2.75, 3.05) is 0 Å². The highest BCUT2D eigenvalue weighted by Gasteiger charge is 1.99. The number of aryl methyl sites for hydroxylation is 1. The fourth-order valence-electron chi connectivity index (χ4n) is 0.961. The summed E-state index contributed by atoms with van der Waals surface area (Å²) in [6.45, 7) is 4.50. The van der Waals surface area contributed by atoms with Gasteiger partial charge in [-0.05, 0) is 41.8 Å². The quantitative estimate of drug-likeness (QED) is 0.736. The average molecular weight is 195 g/mol. The summed E-state index contributed by atoms with van der Waals surface area (Å²) in [6, 6.07) is 0. The van der Waals surface area contributed by atoms with Crippen molar-refractivity contribution < 1.29 is 4.79 Å². The Balaban J connectivity index is 2.44. The van der Waals surface area contributed by atoms with Crippen molar-refractivity contribution >= 4 is 17.2 Å². The number of allylic oxidation sites excluding steroid dienone is 1. The lowest BCUT2D eigenvalue weighted by Gasteiger charge is -2.00. The van der Waals surface area contributed by atoms with Crippen molar-refractivity contribution in [2.45, 2.75) is 20.4 Å². The van der Waals surface area contributed by atoms with Gasteiger partial charge >= 0.3 is 0 Å². The third-order valence-electron chi connectivity index (χ3n) is 1.73. The molecule has 0 fully saturated rings. The molecule has 2 nitrogen and oxygen atoms in total. The Morgan fingerprint density at radius 2 is 2.38 bits per heavy atom. The summed E-state index contributed by atoms with van der Waals surface area (Å²) >= 11 is 1.66. The monoisotopic (exact) mass is 195 g/mol. The molecule has 1 aromatic heterocycles. The summed E-state index contributed by atoms with van der Waals surface area (Å²) in [5, 5.41) is 6.95. The van der Waals surface area contributed by atoms with E-state index in [-0.39, 0.29) is 5.91 Å². The van der Waals surface area contributed by atoms with E-state index in [4.69, 9.17) is 0 Å². The second-order valence-electron chi connectivity index (χ2n) is 2.80. The summed E-state index contributed by atoms with van der Waals surface area (Å²) in [6.07, 6.45) is 3.26. The lowest BCUT2D eigenvalue weighted by atomic mass is 10.2. The standard InChI is InChI=1S/C10H13NOS/c1-3-4-10(12)11-5-9-7-13-6-8(9)2/h3-4,6-7H,5H2,1-2H3,(H,11,12). The number of thiophene rings is 1. The van der Waals surface area contributed by atoms with E-state index in [1.54, 1.807) is 17.4 Å². The predicted molar refractivity (Wildman–Crippen MR) is 55.7 cm³/mol. The van der Waals surface area contributed by atoms with E-state index in [9.17, 15) is 4.79 Å². The molecule has 0 aliphatic rings. The fraction of sp³-hybridized carbons (Fsp3) is 0.300. The maximum Gasteiger partial charge on any atom is 0.243 e. The second kappa shape index (κ2) is 4.82. The number of hydrogen-bond acceptors (Lipinski definition) is 2. The van der Waals surface area contributed by atoms with E-state index >= 15 is 0 Å². The molecule has 0 aliphatic carbocycles. The number of carbonyl (C=O) groups excluding carboxylic acids is 1. The maximum atomic E-state index is 11.1. The topological polar surface area (TPSA) is 29.1 Å². The van der Waals surface area contributed by atoms with Crippen LogP contribution < -0.4 is 5.32 Å². The maximum absolute atomic E-state index is 11.1. The zero-order valence-corrected chi connectivity index (χ0v) is 8.65. The molecule has 0 radical (unpaired) electrons. The molecule has 1 aromatic rings. The Kier molecular flexibility index (Phi) is 3.71. The lowest BCUT2D eigenvalue weighted by Crippen LogP contribution is -2.20. The van der Waals surface area contributed by atoms with Crippen LogP contribution in [0.2, 0.25) is 0 Å². The van der Waals surface area contributed by atoms with Gasteiger partial charge in [0.05, 0.1) is 0 Å². The number of rotatable bonds is 3. The van der Waals surface area contributed by atoms with Gasteiger partial charge < -0.3 is 5.32 Å². The van der Waals surface area contributed by atoms with Gasteiger partial charge in [0, 0.05) is 6.54 Å². The summed E-state index contributed by atoms with van der Waals surface area (Å²) in [5.74, 6) is -0.0342. The number of nitrogens with one attached hydrogen (secondary N) is 1. The Morgan fingerprint density at radius 3 is 2.92 bits per heavy atom. The van der Waals surface area contributed by atoms with Crippen molar-refractivity contribution in [3.05, 3.63) is 34.0 Å². The molecular formula is C10H13NOS. The summed E-state index contributed by atoms with van der Waals surface area (Å²) in [7, 11) is 0. The predicted octanol–water partition coefficient (Wildman–Crippen LogP) is 2.25. The van der Waals surface area contributed by atoms with Gasteiger partial charge in [0.15, 0.2) is 0 Å². The molecular weight excluding hydrogens is 182 g/mol. The fourth-order valence-corrected chi connectivity index (χ4v) is 1.82. The lowest BCUT2D eigenvalue weighted by molar-refractivity contribution is -0.116. The van der Waals surface area contributed by atoms with Gasteiger partial charge in [-0.3, -0.25) is 4.79 Å². The van der Waals surface area contributed by atoms with Crippen LogP contribution in [0.5, 0.6) is 0 Å². The largest absolute Gasteiger partial charge is 0.348 e. The van der Waals surface area contributed by atoms with Crippen molar-refractivity contribution in [1.82, 2.24) is 5.32 Å². The first-order valence-electron chi connectivity index (χ1n) is 4.16. The van der Waals surface area contributed by atoms with E-state index in [0.29, 0.717) is 6.54 Å². The van der Waals surface area contributed by atoms with Crippen LogP contribution in [0.4, 0.5) is 0 Å². The van der Waals surface area contributed by atoms with E-state index in [2.05, 4.69) is 16.1 Å². The van der Waals surface area contributed by atoms with Gasteiger partial charge in [0.1, 0.15) is 0 Å². The first kappa shape index (κ1) is 9.99. The van der Waals surface area contributed by atoms with Gasteiger partial charge in [0.2, 0.25) is 5.91 Å². The van der Waals surface area contributed by atoms with Crippen LogP contribution in [0, 0.1) is 6.92 Å². The highest BCUT2D eigenvalue weighted by atomic mass is 32.1. The molecule has 3 heteroatoms. The molecule has 1 amide bonds. The second-order valence-corrected chi connectivity index (χ2v) is 3.54. The molecule has 0 saturated carbocycles. The van der Waals surface area contributed by atoms with Gasteiger partial charge in [-0.15, -0.1) is 0 Å². The SMILES string of the molecule is CC=CC(=O)NCc1cscc1C. The zero-order valence-electron chi connectivity index (χ0n) is 7.83. The molecule has 70 valence electrons. The van der Waals surface area contributed by atoms with E-state index in [0.717, 1.165) is 0 Å². The van der Waals surface area contributed by atoms with Crippen molar-refractivity contribution in [3.8, 4) is 0 Å². The number of hydrogen-bond donors (Lipinski definition) is 1. The first-order chi connectivity index (χ1) is 6.24. The Labute approximate surface area is 82.3 Å². The van der Waals surface area contributed by atoms with E-state index in [1.165, 1.54) is 17.2 Å². The molecule has 0 saturated heterocycles. The normalized spacial score (nSPS) is 10.6. The summed E-state index contributed by atoms with van der Waals surface area (Å²) in [4.78, 5) is 11.1. The molecule has 0 aromatic carbocycles. The minimum Gasteiger partial charge on any atom is -0.348 e. The molecule has 0 atom stereocenters. The van der Waals surface area contributed by atoms with Gasteiger partial charge in [-0.25, -0.2) is 0 Å². The van der Waals surface area contributed by atoms with Gasteiger partial charge in [0.25, 0.3) is 0 Å². The van der Waals surface area contributed by atoms with Gasteiger partial charge in [-0.1, -0.05) is 6.08 Å². The van der Waals surface area contributed by atoms with Crippen LogP contribution in [-0.4, -0.2) is 5.91 Å². The minimum atomic E-state index is -0.0342. The van der Waals surface area contributed by atoms with Crippen molar-refractivity contribution in [1.29, 1.82) is 0 Å². The zero-order chi connectivity index (χ0) is 9.68. The summed E-state index contributed by atoms with van der Waals surface area (Å²) in [5.41, 5.74) is 2.44. The van der Waals surface area contributed by atoms with Crippen LogP contribution in [0.15, 0.2) is 22.9 Å². The first-order valence-corrected chi connectivity index (χ1v) is 5.10. The molecule has 1 heterocycles. The molecule has 13 heavy (non-hydrogen) atoms. The Hall–Kier alpha value is -1.09. The van der Waals surface area contributed by atoms with Crippen LogP contribution in [0.1, 0.15) is 18.1 Å². The molecule has 0 bridgehead atoms. The Morgan fingerprint density at radius 1 is 1.62 bits per heavy atom. The van der Waals surface area contributed by atoms with Crippen molar-refractivity contribution in [2.24, 2.45) is 0 Å². The molecule has 0 unspecified atom stereocenters. The molecule has 1 rings (SSSR count). The molecule has 0 spiro atoms. The van der Waals surface area contributed by atoms with Crippen LogP contribution in [0.25, 0.3) is 0 Å². The smallest absolute Gasteiger partial charge is 0.243 e. The number of amides is 1. The van der Waals surface area contributed by atoms with Crippen molar-refractivity contribution in [3.63, 3.8) is 0 Å². The molecule has 1 N–H and O–H groups in total. The highest BCUT2D eigenvalue weighted by Crippen LogP contribution is 2.12. The number of carbonyl (C=O) groups is 1. The third kappa shape index (κ3) is 3.03. The van der Waals surface area contributed by atoms with E-state index in [1.807, 2.05) is 13.8 Å². The Bertz CT molecular complexity index is 314. The van der Waals surface area contributed by atoms with E-state index < -0.39 is 0 Å². The average Bonchev–Trinajstić information content (AvgIpc) is 2.48. The summed E-state index contributed by atoms with van der Waals surface area (Å²) < 4.78 is 0. The minimum absolute atomic E-state index is 0.0342. The highest BCUT2D eigenvalue weighted by molar-refractivity contribution is 7.08. The van der Waals surface area contributed by atoms with Gasteiger partial charge in [-0.2, -0.15) is 11.3 Å². The van der Waals surface area contributed by atoms with Crippen LogP contribution >= 0.6 is 11.3 Å². The van der Waals surface area contributed by atoms with Crippen LogP contribution in [-0.2, 0) is 11.3 Å².